The van der Waals surface area contributed by atoms with Gasteiger partial charge in [-0.15, -0.1) is 0 Å². The van der Waals surface area contributed by atoms with Crippen LogP contribution in [0.2, 0.25) is 5.02 Å². The number of ether oxygens (including phenoxy) is 1. The van der Waals surface area contributed by atoms with Crippen LogP contribution in [0.3, 0.4) is 0 Å². The molecular formula is C31H26ClN3O4S. The van der Waals surface area contributed by atoms with Gasteiger partial charge in [0.05, 0.1) is 32.9 Å². The first-order chi connectivity index (χ1) is 19.2. The van der Waals surface area contributed by atoms with Crippen LogP contribution in [0.5, 0.6) is 5.75 Å². The van der Waals surface area contributed by atoms with Crippen molar-refractivity contribution in [1.29, 1.82) is 5.26 Å². The highest BCUT2D eigenvalue weighted by atomic mass is 35.5. The van der Waals surface area contributed by atoms with E-state index in [2.05, 4.69) is 16.1 Å². The third kappa shape index (κ3) is 5.81. The summed E-state index contributed by atoms with van der Waals surface area (Å²) in [7, 11) is -3.96. The molecule has 9 heteroatoms. The van der Waals surface area contributed by atoms with Crippen LogP contribution in [-0.2, 0) is 21.2 Å². The van der Waals surface area contributed by atoms with Crippen LogP contribution < -0.4 is 14.8 Å². The topological polar surface area (TPSA) is 108 Å². The van der Waals surface area contributed by atoms with Gasteiger partial charge in [-0.1, -0.05) is 54.1 Å². The van der Waals surface area contributed by atoms with Crippen LogP contribution in [0.25, 0.3) is 0 Å². The minimum atomic E-state index is -3.96. The third-order valence-electron chi connectivity index (χ3n) is 6.94. The summed E-state index contributed by atoms with van der Waals surface area (Å²) in [5.41, 5.74) is 4.04. The number of hydrogen-bond donors (Lipinski definition) is 2. The zero-order valence-electron chi connectivity index (χ0n) is 21.6. The highest BCUT2D eigenvalue weighted by Gasteiger charge is 2.36. The average Bonchev–Trinajstić information content (AvgIpc) is 3.38. The van der Waals surface area contributed by atoms with E-state index in [9.17, 15) is 13.2 Å². The smallest absolute Gasteiger partial charge is 0.266 e. The summed E-state index contributed by atoms with van der Waals surface area (Å²) in [4.78, 5) is 13.7. The number of nitriles is 1. The predicted octanol–water partition coefficient (Wildman–Crippen LogP) is 6.44. The van der Waals surface area contributed by atoms with Gasteiger partial charge in [0.25, 0.3) is 15.9 Å². The van der Waals surface area contributed by atoms with E-state index < -0.39 is 22.0 Å². The summed E-state index contributed by atoms with van der Waals surface area (Å²) in [5, 5.41) is 12.1. The van der Waals surface area contributed by atoms with Gasteiger partial charge in [-0.3, -0.25) is 9.52 Å². The van der Waals surface area contributed by atoms with Crippen molar-refractivity contribution in [3.63, 3.8) is 0 Å². The average molecular weight is 572 g/mol. The van der Waals surface area contributed by atoms with Crippen molar-refractivity contribution in [2.75, 3.05) is 10.0 Å². The van der Waals surface area contributed by atoms with Gasteiger partial charge in [0.15, 0.2) is 6.10 Å². The van der Waals surface area contributed by atoms with Crippen LogP contribution >= 0.6 is 11.6 Å². The van der Waals surface area contributed by atoms with Gasteiger partial charge >= 0.3 is 0 Å². The van der Waals surface area contributed by atoms with E-state index in [-0.39, 0.29) is 21.5 Å². The number of anilines is 2. The summed E-state index contributed by atoms with van der Waals surface area (Å²) in [6.45, 7) is 1.81. The first-order valence-electron chi connectivity index (χ1n) is 12.7. The number of hydrogen-bond acceptors (Lipinski definition) is 5. The zero-order valence-corrected chi connectivity index (χ0v) is 23.2. The Morgan fingerprint density at radius 1 is 1.00 bits per heavy atom. The second kappa shape index (κ2) is 11.4. The number of carbonyl (C=O) groups excluding carboxylic acids is 1. The lowest BCUT2D eigenvalue weighted by Crippen LogP contribution is -2.37. The molecule has 0 fully saturated rings. The van der Waals surface area contributed by atoms with Crippen LogP contribution in [0, 0.1) is 18.3 Å². The van der Waals surface area contributed by atoms with E-state index in [0.717, 1.165) is 23.1 Å². The number of aryl methyl sites for hydroxylation is 2. The molecule has 0 bridgehead atoms. The molecule has 0 aliphatic heterocycles. The van der Waals surface area contributed by atoms with Crippen molar-refractivity contribution < 1.29 is 17.9 Å². The van der Waals surface area contributed by atoms with Gasteiger partial charge < -0.3 is 10.1 Å². The van der Waals surface area contributed by atoms with Crippen molar-refractivity contribution in [2.24, 2.45) is 0 Å². The number of carbonyl (C=O) groups is 1. The van der Waals surface area contributed by atoms with Crippen LogP contribution in [-0.4, -0.2) is 20.4 Å². The van der Waals surface area contributed by atoms with Gasteiger partial charge in [0.2, 0.25) is 0 Å². The van der Waals surface area contributed by atoms with Gasteiger partial charge in [0, 0.05) is 5.92 Å². The van der Waals surface area contributed by atoms with Crippen molar-refractivity contribution in [1.82, 2.24) is 0 Å². The minimum absolute atomic E-state index is 0.0498. The molecule has 1 aliphatic rings. The third-order valence-corrected chi connectivity index (χ3v) is 8.64. The van der Waals surface area contributed by atoms with Gasteiger partial charge in [-0.25, -0.2) is 8.42 Å². The second-order valence-corrected chi connectivity index (χ2v) is 11.7. The number of para-hydroxylation sites is 1. The minimum Gasteiger partial charge on any atom is -0.480 e. The molecule has 1 aliphatic carbocycles. The normalized spacial score (nSPS) is 15.0. The number of sulfonamides is 1. The van der Waals surface area contributed by atoms with Crippen molar-refractivity contribution >= 4 is 38.9 Å². The maximum Gasteiger partial charge on any atom is 0.266 e. The first kappa shape index (κ1) is 27.3. The fourth-order valence-electron chi connectivity index (χ4n) is 4.84. The summed E-state index contributed by atoms with van der Waals surface area (Å²) in [6.07, 6.45) is 0.578. The Morgan fingerprint density at radius 3 is 2.48 bits per heavy atom. The molecule has 202 valence electrons. The number of amides is 1. The van der Waals surface area contributed by atoms with E-state index in [1.807, 2.05) is 30.3 Å². The Hall–Kier alpha value is -4.32. The SMILES string of the molecule is Cc1ccccc1NS(=O)(=O)c1ccc(Cl)c(NC(=O)C(Oc2ccc(C#N)cc2)C2CCc3ccccc32)c1. The van der Waals surface area contributed by atoms with E-state index in [1.54, 1.807) is 49.4 Å². The van der Waals surface area contributed by atoms with Gasteiger partial charge in [-0.05, 0) is 85.0 Å². The number of benzene rings is 4. The number of rotatable bonds is 8. The lowest BCUT2D eigenvalue weighted by molar-refractivity contribution is -0.123. The summed E-state index contributed by atoms with van der Waals surface area (Å²) in [5.74, 6) is -0.261. The van der Waals surface area contributed by atoms with Crippen LogP contribution in [0.1, 0.15) is 34.6 Å². The van der Waals surface area contributed by atoms with E-state index in [1.165, 1.54) is 18.2 Å². The summed E-state index contributed by atoms with van der Waals surface area (Å²) >= 11 is 6.41. The fourth-order valence-corrected chi connectivity index (χ4v) is 6.16. The highest BCUT2D eigenvalue weighted by Crippen LogP contribution is 2.38. The highest BCUT2D eigenvalue weighted by molar-refractivity contribution is 7.92. The van der Waals surface area contributed by atoms with E-state index in [0.29, 0.717) is 23.4 Å². The quantitative estimate of drug-likeness (QED) is 0.253. The van der Waals surface area contributed by atoms with E-state index in [4.69, 9.17) is 21.6 Å². The molecule has 40 heavy (non-hydrogen) atoms. The molecule has 7 nitrogen and oxygen atoms in total. The lowest BCUT2D eigenvalue weighted by Gasteiger charge is -2.25. The summed E-state index contributed by atoms with van der Waals surface area (Å²) in [6, 6.07) is 27.8. The number of nitrogens with one attached hydrogen (secondary N) is 2. The van der Waals surface area contributed by atoms with Crippen molar-refractivity contribution in [3.8, 4) is 11.8 Å². The Labute approximate surface area is 238 Å². The Morgan fingerprint density at radius 2 is 1.73 bits per heavy atom. The molecule has 0 aromatic heterocycles. The first-order valence-corrected chi connectivity index (χ1v) is 14.5. The zero-order chi connectivity index (χ0) is 28.3. The van der Waals surface area contributed by atoms with Crippen LogP contribution in [0.15, 0.2) is 95.9 Å². The Bertz CT molecular complexity index is 1720. The van der Waals surface area contributed by atoms with Crippen molar-refractivity contribution in [2.45, 2.75) is 36.7 Å². The molecule has 0 saturated carbocycles. The van der Waals surface area contributed by atoms with Gasteiger partial charge in [-0.2, -0.15) is 5.26 Å². The number of fused-ring (bicyclic) bond motifs is 1. The number of halogens is 1. The molecule has 1 amide bonds. The molecule has 0 saturated heterocycles. The number of nitrogens with zero attached hydrogens (tertiary/aromatic N) is 1. The van der Waals surface area contributed by atoms with Crippen LogP contribution in [0.4, 0.5) is 11.4 Å². The second-order valence-electron chi connectivity index (χ2n) is 9.57. The fraction of sp³-hybridized carbons (Fsp3) is 0.161. The predicted molar refractivity (Wildman–Crippen MR) is 155 cm³/mol. The molecule has 0 radical (unpaired) electrons. The molecule has 2 atom stereocenters. The molecule has 2 N–H and O–H groups in total. The maximum atomic E-state index is 13.8. The molecule has 0 heterocycles. The monoisotopic (exact) mass is 571 g/mol. The van der Waals surface area contributed by atoms with Gasteiger partial charge in [0.1, 0.15) is 5.75 Å². The largest absolute Gasteiger partial charge is 0.480 e. The lowest BCUT2D eigenvalue weighted by atomic mass is 9.94. The maximum absolute atomic E-state index is 13.8. The molecule has 4 aromatic carbocycles. The molecule has 2 unspecified atom stereocenters. The van der Waals surface area contributed by atoms with Crippen molar-refractivity contribution in [3.05, 3.63) is 118 Å². The Kier molecular flexibility index (Phi) is 7.78. The summed E-state index contributed by atoms with van der Waals surface area (Å²) < 4.78 is 35.1. The van der Waals surface area contributed by atoms with E-state index >= 15 is 0 Å². The molecule has 5 rings (SSSR count). The molecular weight excluding hydrogens is 546 g/mol. The Balaban J connectivity index is 1.44. The molecule has 0 spiro atoms. The molecule has 4 aromatic rings. The standard InChI is InChI=1S/C31H26ClN3O4S/c1-20-6-2-5-9-28(20)35-40(37,38)24-15-17-27(32)29(18-24)34-31(36)30(39-23-13-10-21(19-33)11-14-23)26-16-12-22-7-3-4-8-25(22)26/h2-11,13-15,17-18,26,30,35H,12,16H2,1H3,(H,34,36).